The van der Waals surface area contributed by atoms with Gasteiger partial charge in [0.15, 0.2) is 5.96 Å². The van der Waals surface area contributed by atoms with Crippen LogP contribution in [0.5, 0.6) is 0 Å². The molecule has 1 fully saturated rings. The van der Waals surface area contributed by atoms with Crippen molar-refractivity contribution in [3.63, 3.8) is 0 Å². The fourth-order valence-corrected chi connectivity index (χ4v) is 3.93. The van der Waals surface area contributed by atoms with E-state index >= 15 is 0 Å². The minimum atomic E-state index is 0.131. The second-order valence-electron chi connectivity index (χ2n) is 5.73. The van der Waals surface area contributed by atoms with Gasteiger partial charge in [0, 0.05) is 10.2 Å². The van der Waals surface area contributed by atoms with E-state index in [1.165, 1.54) is 25.7 Å². The largest absolute Gasteiger partial charge is 0.369 e. The van der Waals surface area contributed by atoms with Crippen LogP contribution in [0.1, 0.15) is 32.6 Å². The molecule has 102 valence electrons. The molecule has 2 atom stereocenters. The first-order chi connectivity index (χ1) is 9.14. The van der Waals surface area contributed by atoms with Gasteiger partial charge in [-0.15, -0.1) is 0 Å². The van der Waals surface area contributed by atoms with E-state index in [2.05, 4.69) is 50.9 Å². The van der Waals surface area contributed by atoms with Gasteiger partial charge in [0.1, 0.15) is 0 Å². The monoisotopic (exact) mass is 321 g/mol. The third kappa shape index (κ3) is 2.16. The lowest BCUT2D eigenvalue weighted by atomic mass is 9.93. The van der Waals surface area contributed by atoms with Gasteiger partial charge < -0.3 is 10.6 Å². The maximum absolute atomic E-state index is 6.16. The van der Waals surface area contributed by atoms with E-state index in [0.717, 1.165) is 22.6 Å². The first kappa shape index (κ1) is 13.0. The Kier molecular flexibility index (Phi) is 3.29. The summed E-state index contributed by atoms with van der Waals surface area (Å²) < 4.78 is 1.09. The topological polar surface area (TPSA) is 41.6 Å². The molecule has 2 N–H and O–H groups in total. The van der Waals surface area contributed by atoms with Gasteiger partial charge in [-0.1, -0.05) is 35.3 Å². The summed E-state index contributed by atoms with van der Waals surface area (Å²) in [6.07, 6.45) is 4.96. The second kappa shape index (κ2) is 4.82. The Labute approximate surface area is 123 Å². The van der Waals surface area contributed by atoms with E-state index in [9.17, 15) is 0 Å². The summed E-state index contributed by atoms with van der Waals surface area (Å²) in [7, 11) is 0. The van der Waals surface area contributed by atoms with Crippen molar-refractivity contribution in [2.24, 2.45) is 16.6 Å². The molecule has 0 aromatic heterocycles. The van der Waals surface area contributed by atoms with Gasteiger partial charge in [0.2, 0.25) is 0 Å². The molecule has 1 aromatic rings. The zero-order valence-corrected chi connectivity index (χ0v) is 12.9. The van der Waals surface area contributed by atoms with Crippen molar-refractivity contribution in [2.75, 3.05) is 11.4 Å². The molecule has 1 aliphatic heterocycles. The number of halogens is 1. The number of rotatable bonds is 2. The Balaban J connectivity index is 1.95. The quantitative estimate of drug-likeness (QED) is 0.905. The van der Waals surface area contributed by atoms with E-state index < -0.39 is 0 Å². The summed E-state index contributed by atoms with van der Waals surface area (Å²) >= 11 is 3.54. The molecule has 0 amide bonds. The molecular weight excluding hydrogens is 302 g/mol. The summed E-state index contributed by atoms with van der Waals surface area (Å²) in [6, 6.07) is 8.36. The highest BCUT2D eigenvalue weighted by atomic mass is 79.9. The highest BCUT2D eigenvalue weighted by Gasteiger charge is 2.47. The number of nitrogens with two attached hydrogens (primary N) is 1. The van der Waals surface area contributed by atoms with Crippen LogP contribution in [0.2, 0.25) is 0 Å². The van der Waals surface area contributed by atoms with Crippen LogP contribution in [-0.4, -0.2) is 18.0 Å². The molecule has 0 radical (unpaired) electrons. The highest BCUT2D eigenvalue weighted by molar-refractivity contribution is 9.10. The van der Waals surface area contributed by atoms with E-state index in [1.54, 1.807) is 0 Å². The van der Waals surface area contributed by atoms with E-state index in [1.807, 2.05) is 6.07 Å². The maximum Gasteiger partial charge on any atom is 0.196 e. The standard InChI is InChI=1S/C15H20BrN3/c1-2-11-6-7-15(9-11)10-18-14(17)19(15)13-5-3-4-12(16)8-13/h3-5,8,11H,2,6-7,9-10H2,1H3,(H2,17,18). The summed E-state index contributed by atoms with van der Waals surface area (Å²) in [5.41, 5.74) is 7.45. The lowest BCUT2D eigenvalue weighted by Crippen LogP contribution is -2.50. The van der Waals surface area contributed by atoms with Crippen LogP contribution in [0.3, 0.4) is 0 Å². The Morgan fingerprint density at radius 2 is 2.37 bits per heavy atom. The number of anilines is 1. The Hall–Kier alpha value is -1.03. The van der Waals surface area contributed by atoms with Crippen molar-refractivity contribution in [1.82, 2.24) is 0 Å². The van der Waals surface area contributed by atoms with Gasteiger partial charge in [-0.05, 0) is 43.4 Å². The predicted octanol–water partition coefficient (Wildman–Crippen LogP) is 3.53. The zero-order chi connectivity index (χ0) is 13.5. The number of hydrogen-bond acceptors (Lipinski definition) is 3. The van der Waals surface area contributed by atoms with Gasteiger partial charge >= 0.3 is 0 Å². The average Bonchev–Trinajstić information content (AvgIpc) is 2.95. The molecule has 3 rings (SSSR count). The lowest BCUT2D eigenvalue weighted by Gasteiger charge is -2.36. The van der Waals surface area contributed by atoms with Crippen LogP contribution >= 0.6 is 15.9 Å². The van der Waals surface area contributed by atoms with Gasteiger partial charge in [0.25, 0.3) is 0 Å². The van der Waals surface area contributed by atoms with E-state index in [0.29, 0.717) is 5.96 Å². The fraction of sp³-hybridized carbons (Fsp3) is 0.533. The van der Waals surface area contributed by atoms with Gasteiger partial charge in [-0.2, -0.15) is 0 Å². The minimum absolute atomic E-state index is 0.131. The van der Waals surface area contributed by atoms with E-state index in [4.69, 9.17) is 5.73 Å². The Morgan fingerprint density at radius 1 is 1.53 bits per heavy atom. The average molecular weight is 322 g/mol. The summed E-state index contributed by atoms with van der Waals surface area (Å²) in [6.45, 7) is 3.13. The van der Waals surface area contributed by atoms with Gasteiger partial charge in [-0.3, -0.25) is 4.99 Å². The third-order valence-corrected chi connectivity index (χ3v) is 5.06. The summed E-state index contributed by atoms with van der Waals surface area (Å²) in [5.74, 6) is 1.49. The molecule has 0 bridgehead atoms. The maximum atomic E-state index is 6.16. The molecular formula is C15H20BrN3. The van der Waals surface area contributed by atoms with Gasteiger partial charge in [0.05, 0.1) is 12.1 Å². The Bertz CT molecular complexity index is 514. The molecule has 1 spiro atoms. The molecule has 1 aromatic carbocycles. The highest BCUT2D eigenvalue weighted by Crippen LogP contribution is 2.45. The van der Waals surface area contributed by atoms with Gasteiger partial charge in [-0.25, -0.2) is 0 Å². The van der Waals surface area contributed by atoms with Crippen LogP contribution in [0.4, 0.5) is 5.69 Å². The zero-order valence-electron chi connectivity index (χ0n) is 11.3. The van der Waals surface area contributed by atoms with Crippen molar-refractivity contribution >= 4 is 27.6 Å². The molecule has 3 nitrogen and oxygen atoms in total. The first-order valence-electron chi connectivity index (χ1n) is 7.00. The van der Waals surface area contributed by atoms with Crippen molar-refractivity contribution in [3.8, 4) is 0 Å². The number of nitrogens with zero attached hydrogens (tertiary/aromatic N) is 2. The van der Waals surface area contributed by atoms with Crippen LogP contribution < -0.4 is 10.6 Å². The second-order valence-corrected chi connectivity index (χ2v) is 6.65. The minimum Gasteiger partial charge on any atom is -0.369 e. The van der Waals surface area contributed by atoms with Crippen molar-refractivity contribution in [3.05, 3.63) is 28.7 Å². The molecule has 1 aliphatic carbocycles. The van der Waals surface area contributed by atoms with E-state index in [-0.39, 0.29) is 5.54 Å². The van der Waals surface area contributed by atoms with Crippen molar-refractivity contribution in [2.45, 2.75) is 38.1 Å². The molecule has 2 unspecified atom stereocenters. The molecule has 2 aliphatic rings. The van der Waals surface area contributed by atoms with Crippen LogP contribution in [0.25, 0.3) is 0 Å². The summed E-state index contributed by atoms with van der Waals surface area (Å²) in [5, 5.41) is 0. The number of guanidine groups is 1. The number of aliphatic imine (C=N–C) groups is 1. The van der Waals surface area contributed by atoms with Crippen LogP contribution in [-0.2, 0) is 0 Å². The molecule has 4 heteroatoms. The Morgan fingerprint density at radius 3 is 3.05 bits per heavy atom. The number of hydrogen-bond donors (Lipinski definition) is 1. The van der Waals surface area contributed by atoms with Crippen LogP contribution in [0, 0.1) is 5.92 Å². The van der Waals surface area contributed by atoms with Crippen molar-refractivity contribution < 1.29 is 0 Å². The predicted molar refractivity (Wildman–Crippen MR) is 83.5 cm³/mol. The first-order valence-corrected chi connectivity index (χ1v) is 7.80. The molecule has 0 saturated heterocycles. The molecule has 1 saturated carbocycles. The normalized spacial score (nSPS) is 30.1. The smallest absolute Gasteiger partial charge is 0.196 e. The van der Waals surface area contributed by atoms with Crippen LogP contribution in [0.15, 0.2) is 33.7 Å². The molecule has 1 heterocycles. The number of benzene rings is 1. The molecule has 19 heavy (non-hydrogen) atoms. The van der Waals surface area contributed by atoms with Crippen molar-refractivity contribution in [1.29, 1.82) is 0 Å². The lowest BCUT2D eigenvalue weighted by molar-refractivity contribution is 0.434. The third-order valence-electron chi connectivity index (χ3n) is 4.57. The SMILES string of the molecule is CCC1CCC2(CN=C(N)N2c2cccc(Br)c2)C1. The summed E-state index contributed by atoms with van der Waals surface area (Å²) in [4.78, 5) is 6.80. The fourth-order valence-electron chi connectivity index (χ4n) is 3.54.